The lowest BCUT2D eigenvalue weighted by Crippen LogP contribution is -2.12. The zero-order valence-electron chi connectivity index (χ0n) is 15.1. The van der Waals surface area contributed by atoms with E-state index >= 15 is 4.39 Å². The van der Waals surface area contributed by atoms with Crippen molar-refractivity contribution in [1.82, 2.24) is 0 Å². The normalized spacial score (nSPS) is 20.4. The van der Waals surface area contributed by atoms with Crippen molar-refractivity contribution in [2.45, 2.75) is 44.9 Å². The fraction of sp³-hybridized carbons (Fsp3) is 0.333. The van der Waals surface area contributed by atoms with Crippen LogP contribution in [-0.4, -0.2) is 0 Å². The number of hydrogen-bond acceptors (Lipinski definition) is 0. The van der Waals surface area contributed by atoms with Gasteiger partial charge < -0.3 is 0 Å². The second-order valence-corrected chi connectivity index (χ2v) is 7.54. The second-order valence-electron chi connectivity index (χ2n) is 7.54. The van der Waals surface area contributed by atoms with Crippen molar-refractivity contribution in [2.24, 2.45) is 5.92 Å². The minimum absolute atomic E-state index is 0.269. The van der Waals surface area contributed by atoms with Crippen LogP contribution in [0.25, 0.3) is 21.9 Å². The maximum absolute atomic E-state index is 15.0. The molecule has 1 saturated carbocycles. The van der Waals surface area contributed by atoms with Gasteiger partial charge in [0.15, 0.2) is 0 Å². The molecule has 0 amide bonds. The Labute approximate surface area is 153 Å². The molecule has 0 aromatic heterocycles. The van der Waals surface area contributed by atoms with Crippen molar-refractivity contribution in [1.29, 1.82) is 0 Å². The second kappa shape index (κ2) is 7.19. The fourth-order valence-electron chi connectivity index (χ4n) is 4.35. The Morgan fingerprint density at radius 1 is 0.885 bits per heavy atom. The van der Waals surface area contributed by atoms with E-state index in [9.17, 15) is 4.39 Å². The molecule has 0 nitrogen and oxygen atoms in total. The van der Waals surface area contributed by atoms with E-state index in [1.165, 1.54) is 49.8 Å². The first-order chi connectivity index (χ1) is 12.7. The first kappa shape index (κ1) is 17.2. The highest BCUT2D eigenvalue weighted by Gasteiger charge is 2.21. The molecule has 0 spiro atoms. The summed E-state index contributed by atoms with van der Waals surface area (Å²) in [5.41, 5.74) is 2.35. The summed E-state index contributed by atoms with van der Waals surface area (Å²) in [6.45, 7) is 2.28. The summed E-state index contributed by atoms with van der Waals surface area (Å²) < 4.78 is 28.5. The molecule has 0 bridgehead atoms. The van der Waals surface area contributed by atoms with Gasteiger partial charge in [-0.05, 0) is 66.2 Å². The first-order valence-electron chi connectivity index (χ1n) is 9.64. The Morgan fingerprint density at radius 3 is 2.42 bits per heavy atom. The lowest BCUT2D eigenvalue weighted by molar-refractivity contribution is 0.319. The van der Waals surface area contributed by atoms with Crippen molar-refractivity contribution >= 4 is 10.8 Å². The zero-order chi connectivity index (χ0) is 18.1. The summed E-state index contributed by atoms with van der Waals surface area (Å²) in [7, 11) is 0. The smallest absolute Gasteiger partial charge is 0.138 e. The largest absolute Gasteiger partial charge is 0.207 e. The first-order valence-corrected chi connectivity index (χ1v) is 9.64. The van der Waals surface area contributed by atoms with Gasteiger partial charge in [-0.15, -0.1) is 0 Å². The molecular weight excluding hydrogens is 326 g/mol. The van der Waals surface area contributed by atoms with Crippen molar-refractivity contribution < 1.29 is 8.78 Å². The Bertz CT molecular complexity index is 921. The van der Waals surface area contributed by atoms with Crippen LogP contribution in [0.3, 0.4) is 0 Å². The van der Waals surface area contributed by atoms with Crippen molar-refractivity contribution in [3.05, 3.63) is 71.8 Å². The summed E-state index contributed by atoms with van der Waals surface area (Å²) in [6, 6.07) is 16.0. The molecule has 0 unspecified atom stereocenters. The van der Waals surface area contributed by atoms with Crippen LogP contribution in [0.2, 0.25) is 0 Å². The van der Waals surface area contributed by atoms with E-state index < -0.39 is 0 Å². The molecule has 1 aliphatic carbocycles. The van der Waals surface area contributed by atoms with Gasteiger partial charge in [-0.3, -0.25) is 0 Å². The third-order valence-corrected chi connectivity index (χ3v) is 6.01. The lowest BCUT2D eigenvalue weighted by Gasteiger charge is -2.28. The monoisotopic (exact) mass is 350 g/mol. The lowest BCUT2D eigenvalue weighted by atomic mass is 9.77. The van der Waals surface area contributed by atoms with Gasteiger partial charge in [0.2, 0.25) is 0 Å². The highest BCUT2D eigenvalue weighted by atomic mass is 19.1. The SMILES string of the molecule is CC[C@H]1CC[C@H](c2ccc3c(F)c(-c4cccc(F)c4)ccc3c2)CC1. The Hall–Kier alpha value is -2.22. The standard InChI is InChI=1S/C24H24F2/c1-2-16-6-8-17(9-7-16)18-10-12-23-20(14-18)11-13-22(24(23)26)19-4-3-5-21(25)15-19/h3-5,10-17H,2,6-9H2,1H3/t16-,17-. The molecule has 0 aliphatic heterocycles. The van der Waals surface area contributed by atoms with E-state index in [2.05, 4.69) is 19.1 Å². The average Bonchev–Trinajstić information content (AvgIpc) is 2.68. The molecule has 0 heterocycles. The van der Waals surface area contributed by atoms with Crippen molar-refractivity contribution in [3.8, 4) is 11.1 Å². The van der Waals surface area contributed by atoms with Crippen LogP contribution >= 0.6 is 0 Å². The van der Waals surface area contributed by atoms with Crippen LogP contribution in [-0.2, 0) is 0 Å². The average molecular weight is 350 g/mol. The summed E-state index contributed by atoms with van der Waals surface area (Å²) in [5, 5.41) is 1.54. The van der Waals surface area contributed by atoms with E-state index in [0.717, 1.165) is 11.3 Å². The van der Waals surface area contributed by atoms with Gasteiger partial charge in [-0.1, -0.05) is 55.8 Å². The third-order valence-electron chi connectivity index (χ3n) is 6.01. The van der Waals surface area contributed by atoms with E-state index in [1.54, 1.807) is 18.2 Å². The number of hydrogen-bond donors (Lipinski definition) is 0. The molecule has 0 saturated heterocycles. The maximum Gasteiger partial charge on any atom is 0.138 e. The summed E-state index contributed by atoms with van der Waals surface area (Å²) in [5.74, 6) is 0.848. The van der Waals surface area contributed by atoms with Crippen LogP contribution in [0.15, 0.2) is 54.6 Å². The topological polar surface area (TPSA) is 0 Å². The molecular formula is C24H24F2. The van der Waals surface area contributed by atoms with Crippen LogP contribution in [0.1, 0.15) is 50.5 Å². The molecule has 0 N–H and O–H groups in total. The molecule has 26 heavy (non-hydrogen) atoms. The third kappa shape index (κ3) is 3.25. The van der Waals surface area contributed by atoms with Gasteiger partial charge in [-0.25, -0.2) is 8.78 Å². The van der Waals surface area contributed by atoms with Gasteiger partial charge in [0, 0.05) is 10.9 Å². The molecule has 1 aliphatic rings. The minimum Gasteiger partial charge on any atom is -0.207 e. The predicted octanol–water partition coefficient (Wildman–Crippen LogP) is 7.47. The van der Waals surface area contributed by atoms with E-state index in [4.69, 9.17) is 0 Å². The molecule has 2 heteroatoms. The van der Waals surface area contributed by atoms with Gasteiger partial charge in [0.1, 0.15) is 11.6 Å². The highest BCUT2D eigenvalue weighted by Crippen LogP contribution is 2.38. The van der Waals surface area contributed by atoms with Crippen molar-refractivity contribution in [3.63, 3.8) is 0 Å². The van der Waals surface area contributed by atoms with Crippen LogP contribution < -0.4 is 0 Å². The summed E-state index contributed by atoms with van der Waals surface area (Å²) in [6.07, 6.45) is 6.33. The minimum atomic E-state index is -0.347. The van der Waals surface area contributed by atoms with Gasteiger partial charge in [0.25, 0.3) is 0 Å². The Balaban J connectivity index is 1.67. The van der Waals surface area contributed by atoms with Crippen molar-refractivity contribution in [2.75, 3.05) is 0 Å². The zero-order valence-corrected chi connectivity index (χ0v) is 15.1. The van der Waals surface area contributed by atoms with E-state index in [-0.39, 0.29) is 11.6 Å². The highest BCUT2D eigenvalue weighted by molar-refractivity contribution is 5.88. The van der Waals surface area contributed by atoms with Crippen LogP contribution in [0, 0.1) is 17.6 Å². The van der Waals surface area contributed by atoms with E-state index in [1.807, 2.05) is 12.1 Å². The molecule has 3 aromatic rings. The number of rotatable bonds is 3. The summed E-state index contributed by atoms with van der Waals surface area (Å²) >= 11 is 0. The van der Waals surface area contributed by atoms with Gasteiger partial charge in [0.05, 0.1) is 0 Å². The Kier molecular flexibility index (Phi) is 4.76. The van der Waals surface area contributed by atoms with Crippen LogP contribution in [0.5, 0.6) is 0 Å². The quantitative estimate of drug-likeness (QED) is 0.459. The molecule has 3 aromatic carbocycles. The molecule has 134 valence electrons. The molecule has 1 fully saturated rings. The fourth-order valence-corrected chi connectivity index (χ4v) is 4.35. The maximum atomic E-state index is 15.0. The predicted molar refractivity (Wildman–Crippen MR) is 104 cm³/mol. The van der Waals surface area contributed by atoms with E-state index in [0.29, 0.717) is 22.4 Å². The van der Waals surface area contributed by atoms with Gasteiger partial charge in [-0.2, -0.15) is 0 Å². The van der Waals surface area contributed by atoms with Crippen LogP contribution in [0.4, 0.5) is 8.78 Å². The number of halogens is 2. The number of benzene rings is 3. The summed E-state index contributed by atoms with van der Waals surface area (Å²) in [4.78, 5) is 0. The molecule has 4 rings (SSSR count). The molecule has 0 radical (unpaired) electrons. The Morgan fingerprint density at radius 2 is 1.69 bits per heavy atom. The van der Waals surface area contributed by atoms with Gasteiger partial charge >= 0.3 is 0 Å². The molecule has 0 atom stereocenters. The number of fused-ring (bicyclic) bond motifs is 1.